The van der Waals surface area contributed by atoms with E-state index in [1.54, 1.807) is 26.4 Å². The number of anilines is 1. The van der Waals surface area contributed by atoms with Crippen LogP contribution in [0.2, 0.25) is 0 Å². The van der Waals surface area contributed by atoms with E-state index in [1.807, 2.05) is 35.0 Å². The molecule has 3 aromatic rings. The second-order valence-electron chi connectivity index (χ2n) is 5.96. The minimum atomic E-state index is 0.622. The number of ether oxygens (including phenoxy) is 2. The molecule has 26 heavy (non-hydrogen) atoms. The van der Waals surface area contributed by atoms with Gasteiger partial charge in [0.25, 0.3) is 0 Å². The molecule has 2 heterocycles. The van der Waals surface area contributed by atoms with Gasteiger partial charge in [-0.1, -0.05) is 6.07 Å². The quantitative estimate of drug-likeness (QED) is 0.784. The molecule has 0 spiro atoms. The maximum Gasteiger partial charge on any atom is 0.133 e. The first kappa shape index (κ1) is 16.0. The topological polar surface area (TPSA) is 72.1 Å². The Morgan fingerprint density at radius 2 is 1.77 bits per heavy atom. The Bertz CT molecular complexity index is 978. The van der Waals surface area contributed by atoms with Crippen LogP contribution in [0.1, 0.15) is 11.1 Å². The van der Waals surface area contributed by atoms with Crippen LogP contribution in [-0.4, -0.2) is 30.5 Å². The van der Waals surface area contributed by atoms with Gasteiger partial charge in [0.2, 0.25) is 0 Å². The lowest BCUT2D eigenvalue weighted by Gasteiger charge is -2.12. The molecule has 1 N–H and O–H groups in total. The molecule has 6 nitrogen and oxygen atoms in total. The minimum absolute atomic E-state index is 0.622. The van der Waals surface area contributed by atoms with Gasteiger partial charge in [0.1, 0.15) is 23.0 Å². The number of hydrogen-bond donors (Lipinski definition) is 1. The third-order valence-electron chi connectivity index (χ3n) is 4.56. The summed E-state index contributed by atoms with van der Waals surface area (Å²) in [4.78, 5) is 0. The second kappa shape index (κ2) is 6.45. The summed E-state index contributed by atoms with van der Waals surface area (Å²) in [7, 11) is 3.29. The Morgan fingerprint density at radius 3 is 2.38 bits per heavy atom. The van der Waals surface area contributed by atoms with Gasteiger partial charge in [-0.3, -0.25) is 0 Å². The monoisotopic (exact) mass is 346 g/mol. The summed E-state index contributed by atoms with van der Waals surface area (Å²) >= 11 is 0. The van der Waals surface area contributed by atoms with Crippen LogP contribution in [0.25, 0.3) is 16.9 Å². The van der Waals surface area contributed by atoms with Crippen molar-refractivity contribution in [3.05, 3.63) is 53.6 Å². The second-order valence-corrected chi connectivity index (χ2v) is 5.96. The molecular weight excluding hydrogens is 328 g/mol. The van der Waals surface area contributed by atoms with E-state index in [9.17, 15) is 0 Å². The zero-order valence-corrected chi connectivity index (χ0v) is 14.6. The predicted octanol–water partition coefficient (Wildman–Crippen LogP) is 3.40. The third kappa shape index (κ3) is 2.45. The van der Waals surface area contributed by atoms with E-state index in [-0.39, 0.29) is 0 Å². The van der Waals surface area contributed by atoms with E-state index >= 15 is 0 Å². The van der Waals surface area contributed by atoms with E-state index in [2.05, 4.69) is 11.4 Å². The van der Waals surface area contributed by atoms with Gasteiger partial charge in [0.05, 0.1) is 37.1 Å². The van der Waals surface area contributed by atoms with Crippen molar-refractivity contribution in [2.75, 3.05) is 26.1 Å². The van der Waals surface area contributed by atoms with Crippen molar-refractivity contribution in [1.29, 1.82) is 5.26 Å². The van der Waals surface area contributed by atoms with Crippen LogP contribution in [0.5, 0.6) is 11.5 Å². The molecule has 2 aromatic carbocycles. The fraction of sp³-hybridized carbons (Fsp3) is 0.200. The van der Waals surface area contributed by atoms with E-state index in [4.69, 9.17) is 19.8 Å². The lowest BCUT2D eigenvalue weighted by molar-refractivity contribution is 0.397. The fourth-order valence-corrected chi connectivity index (χ4v) is 3.32. The summed E-state index contributed by atoms with van der Waals surface area (Å²) in [6, 6.07) is 15.2. The van der Waals surface area contributed by atoms with Crippen molar-refractivity contribution in [2.24, 2.45) is 0 Å². The van der Waals surface area contributed by atoms with Crippen molar-refractivity contribution in [3.63, 3.8) is 0 Å². The third-order valence-corrected chi connectivity index (χ3v) is 4.56. The Morgan fingerprint density at radius 1 is 1.08 bits per heavy atom. The minimum Gasteiger partial charge on any atom is -0.496 e. The number of benzene rings is 2. The van der Waals surface area contributed by atoms with Crippen LogP contribution in [-0.2, 0) is 6.42 Å². The summed E-state index contributed by atoms with van der Waals surface area (Å²) in [5.74, 6) is 2.42. The highest BCUT2D eigenvalue weighted by molar-refractivity contribution is 5.81. The largest absolute Gasteiger partial charge is 0.496 e. The molecule has 0 atom stereocenters. The SMILES string of the molecule is COc1cccc(OC)c1-c1nn(-c2ccc(C#N)cc2)c2c1CCN2. The average Bonchev–Trinajstić information content (AvgIpc) is 3.30. The van der Waals surface area contributed by atoms with Crippen LogP contribution in [0.15, 0.2) is 42.5 Å². The normalized spacial score (nSPS) is 12.2. The molecule has 1 aliphatic heterocycles. The summed E-state index contributed by atoms with van der Waals surface area (Å²) in [5.41, 5.74) is 4.36. The molecule has 0 unspecified atom stereocenters. The Balaban J connectivity index is 1.92. The van der Waals surface area contributed by atoms with Crippen molar-refractivity contribution >= 4 is 5.82 Å². The summed E-state index contributed by atoms with van der Waals surface area (Å²) in [6.45, 7) is 0.855. The number of fused-ring (bicyclic) bond motifs is 1. The van der Waals surface area contributed by atoms with Gasteiger partial charge in [-0.15, -0.1) is 0 Å². The van der Waals surface area contributed by atoms with E-state index < -0.39 is 0 Å². The first-order chi connectivity index (χ1) is 12.8. The molecule has 0 aliphatic carbocycles. The van der Waals surface area contributed by atoms with Crippen LogP contribution in [0.4, 0.5) is 5.82 Å². The Hall–Kier alpha value is -3.46. The number of aromatic nitrogens is 2. The van der Waals surface area contributed by atoms with Crippen molar-refractivity contribution in [1.82, 2.24) is 9.78 Å². The van der Waals surface area contributed by atoms with Gasteiger partial charge in [-0.2, -0.15) is 10.4 Å². The van der Waals surface area contributed by atoms with Gasteiger partial charge < -0.3 is 14.8 Å². The number of rotatable bonds is 4. The number of hydrogen-bond acceptors (Lipinski definition) is 5. The zero-order chi connectivity index (χ0) is 18.1. The van der Waals surface area contributed by atoms with E-state index in [0.29, 0.717) is 5.56 Å². The lowest BCUT2D eigenvalue weighted by atomic mass is 10.0. The van der Waals surface area contributed by atoms with E-state index in [1.165, 1.54) is 0 Å². The zero-order valence-electron chi connectivity index (χ0n) is 14.6. The number of nitriles is 1. The molecule has 0 saturated heterocycles. The fourth-order valence-electron chi connectivity index (χ4n) is 3.32. The summed E-state index contributed by atoms with van der Waals surface area (Å²) < 4.78 is 13.0. The summed E-state index contributed by atoms with van der Waals surface area (Å²) in [6.07, 6.45) is 0.877. The van der Waals surface area contributed by atoms with Gasteiger partial charge in [-0.25, -0.2) is 4.68 Å². The van der Waals surface area contributed by atoms with Gasteiger partial charge in [-0.05, 0) is 42.8 Å². The van der Waals surface area contributed by atoms with Crippen LogP contribution in [0, 0.1) is 11.3 Å². The Labute approximate surface area is 151 Å². The van der Waals surface area contributed by atoms with Crippen molar-refractivity contribution < 1.29 is 9.47 Å². The molecule has 4 rings (SSSR count). The molecule has 0 fully saturated rings. The first-order valence-corrected chi connectivity index (χ1v) is 8.34. The molecule has 0 bridgehead atoms. The molecule has 1 aromatic heterocycles. The molecule has 0 radical (unpaired) electrons. The van der Waals surface area contributed by atoms with Crippen molar-refractivity contribution in [2.45, 2.75) is 6.42 Å². The smallest absolute Gasteiger partial charge is 0.133 e. The first-order valence-electron chi connectivity index (χ1n) is 8.34. The van der Waals surface area contributed by atoms with Gasteiger partial charge >= 0.3 is 0 Å². The number of methoxy groups -OCH3 is 2. The van der Waals surface area contributed by atoms with Crippen molar-refractivity contribution in [3.8, 4) is 34.5 Å². The molecular formula is C20H18N4O2. The lowest BCUT2D eigenvalue weighted by Crippen LogP contribution is -2.04. The van der Waals surface area contributed by atoms with Crippen LogP contribution in [0.3, 0.4) is 0 Å². The Kier molecular flexibility index (Phi) is 3.98. The molecule has 130 valence electrons. The average molecular weight is 346 g/mol. The maximum atomic E-state index is 9.01. The maximum absolute atomic E-state index is 9.01. The highest BCUT2D eigenvalue weighted by Gasteiger charge is 2.27. The molecule has 1 aliphatic rings. The van der Waals surface area contributed by atoms with Crippen LogP contribution >= 0.6 is 0 Å². The highest BCUT2D eigenvalue weighted by atomic mass is 16.5. The molecule has 0 saturated carbocycles. The van der Waals surface area contributed by atoms with Gasteiger partial charge in [0.15, 0.2) is 0 Å². The predicted molar refractivity (Wildman–Crippen MR) is 99.0 cm³/mol. The molecule has 0 amide bonds. The number of nitrogens with one attached hydrogen (secondary N) is 1. The number of nitrogens with zero attached hydrogens (tertiary/aromatic N) is 3. The van der Waals surface area contributed by atoms with Gasteiger partial charge in [0, 0.05) is 12.1 Å². The highest BCUT2D eigenvalue weighted by Crippen LogP contribution is 2.43. The standard InChI is InChI=1S/C20H18N4O2/c1-25-16-4-3-5-17(26-2)18(16)19-15-10-11-22-20(15)24(23-19)14-8-6-13(12-21)7-9-14/h3-9,22H,10-11H2,1-2H3. The summed E-state index contributed by atoms with van der Waals surface area (Å²) in [5, 5.41) is 17.3. The van der Waals surface area contributed by atoms with E-state index in [0.717, 1.165) is 52.8 Å². The molecule has 6 heteroatoms. The van der Waals surface area contributed by atoms with Crippen LogP contribution < -0.4 is 14.8 Å².